The van der Waals surface area contributed by atoms with Gasteiger partial charge in [-0.2, -0.15) is 0 Å². The fraction of sp³-hybridized carbons (Fsp3) is 0.267. The number of nitro groups is 1. The molecule has 0 aliphatic heterocycles. The van der Waals surface area contributed by atoms with E-state index in [9.17, 15) is 14.9 Å². The van der Waals surface area contributed by atoms with Crippen LogP contribution in [0.1, 0.15) is 24.3 Å². The Morgan fingerprint density at radius 3 is 2.82 bits per heavy atom. The average Bonchev–Trinajstić information content (AvgIpc) is 2.99. The Balaban J connectivity index is 1.88. The highest BCUT2D eigenvalue weighted by atomic mass is 16.6. The van der Waals surface area contributed by atoms with E-state index in [-0.39, 0.29) is 24.2 Å². The standard InChI is InChI=1S/C15H16N2O5/c1-10-8-12(5-6-13(10)17(19)20)22-9-15(18)16-11(2)14-4-3-7-21-14/h3-8,11H,9H2,1-2H3,(H,16,18)/t11-/m1/s1. The van der Waals surface area contributed by atoms with Gasteiger partial charge in [-0.1, -0.05) is 0 Å². The van der Waals surface area contributed by atoms with Crippen LogP contribution in [-0.4, -0.2) is 17.4 Å². The number of ether oxygens (including phenoxy) is 1. The number of nitrogens with zero attached hydrogens (tertiary/aromatic N) is 1. The molecule has 0 aliphatic rings. The molecule has 0 aliphatic carbocycles. The maximum Gasteiger partial charge on any atom is 0.272 e. The van der Waals surface area contributed by atoms with Gasteiger partial charge in [0.15, 0.2) is 6.61 Å². The summed E-state index contributed by atoms with van der Waals surface area (Å²) in [6.07, 6.45) is 1.54. The molecule has 7 heteroatoms. The van der Waals surface area contributed by atoms with Gasteiger partial charge in [0.05, 0.1) is 17.2 Å². The van der Waals surface area contributed by atoms with Crippen LogP contribution >= 0.6 is 0 Å². The van der Waals surface area contributed by atoms with E-state index in [2.05, 4.69) is 5.32 Å². The summed E-state index contributed by atoms with van der Waals surface area (Å²) < 4.78 is 10.5. The third kappa shape index (κ3) is 3.85. The predicted molar refractivity (Wildman–Crippen MR) is 78.6 cm³/mol. The highest BCUT2D eigenvalue weighted by Crippen LogP contribution is 2.23. The van der Waals surface area contributed by atoms with E-state index in [1.807, 2.05) is 0 Å². The van der Waals surface area contributed by atoms with Crippen molar-refractivity contribution in [3.63, 3.8) is 0 Å². The van der Waals surface area contributed by atoms with Crippen molar-refractivity contribution < 1.29 is 18.9 Å². The first-order chi connectivity index (χ1) is 10.5. The second-order valence-electron chi connectivity index (χ2n) is 4.80. The first kappa shape index (κ1) is 15.6. The molecule has 0 unspecified atom stereocenters. The highest BCUT2D eigenvalue weighted by Gasteiger charge is 2.14. The quantitative estimate of drug-likeness (QED) is 0.654. The molecule has 1 aromatic carbocycles. The van der Waals surface area contributed by atoms with Gasteiger partial charge in [0.25, 0.3) is 11.6 Å². The molecule has 116 valence electrons. The third-order valence-corrected chi connectivity index (χ3v) is 3.08. The van der Waals surface area contributed by atoms with Gasteiger partial charge in [-0.15, -0.1) is 0 Å². The Hall–Kier alpha value is -2.83. The van der Waals surface area contributed by atoms with Crippen molar-refractivity contribution in [2.75, 3.05) is 6.61 Å². The monoisotopic (exact) mass is 304 g/mol. The number of carbonyl (C=O) groups excluding carboxylic acids is 1. The second kappa shape index (κ2) is 6.75. The number of carbonyl (C=O) groups is 1. The summed E-state index contributed by atoms with van der Waals surface area (Å²) in [5.41, 5.74) is 0.495. The average molecular weight is 304 g/mol. The summed E-state index contributed by atoms with van der Waals surface area (Å²) in [7, 11) is 0. The molecule has 1 amide bonds. The Morgan fingerprint density at radius 2 is 2.23 bits per heavy atom. The van der Waals surface area contributed by atoms with Gasteiger partial charge in [-0.25, -0.2) is 0 Å². The number of furan rings is 1. The lowest BCUT2D eigenvalue weighted by molar-refractivity contribution is -0.385. The molecule has 0 spiro atoms. The highest BCUT2D eigenvalue weighted by molar-refractivity contribution is 5.77. The first-order valence-corrected chi connectivity index (χ1v) is 6.68. The van der Waals surface area contributed by atoms with Crippen molar-refractivity contribution >= 4 is 11.6 Å². The van der Waals surface area contributed by atoms with Crippen LogP contribution in [0.5, 0.6) is 5.75 Å². The summed E-state index contributed by atoms with van der Waals surface area (Å²) in [6, 6.07) is 7.60. The van der Waals surface area contributed by atoms with Crippen molar-refractivity contribution in [1.29, 1.82) is 0 Å². The number of nitro benzene ring substituents is 1. The van der Waals surface area contributed by atoms with Crippen LogP contribution in [0.15, 0.2) is 41.0 Å². The number of nitrogens with one attached hydrogen (secondary N) is 1. The van der Waals surface area contributed by atoms with E-state index in [0.717, 1.165) is 0 Å². The number of aryl methyl sites for hydroxylation is 1. The van der Waals surface area contributed by atoms with E-state index in [1.54, 1.807) is 26.0 Å². The van der Waals surface area contributed by atoms with E-state index in [1.165, 1.54) is 24.5 Å². The molecule has 1 heterocycles. The van der Waals surface area contributed by atoms with Gasteiger partial charge in [0.2, 0.25) is 0 Å². The normalized spacial score (nSPS) is 11.7. The topological polar surface area (TPSA) is 94.6 Å². The van der Waals surface area contributed by atoms with Crippen molar-refractivity contribution in [2.24, 2.45) is 0 Å². The third-order valence-electron chi connectivity index (χ3n) is 3.08. The zero-order chi connectivity index (χ0) is 16.1. The summed E-state index contributed by atoms with van der Waals surface area (Å²) in [6.45, 7) is 3.24. The van der Waals surface area contributed by atoms with E-state index >= 15 is 0 Å². The SMILES string of the molecule is Cc1cc(OCC(=O)N[C@H](C)c2ccco2)ccc1[N+](=O)[O-]. The number of rotatable bonds is 6. The van der Waals surface area contributed by atoms with E-state index in [0.29, 0.717) is 17.1 Å². The van der Waals surface area contributed by atoms with Gasteiger partial charge < -0.3 is 14.5 Å². The van der Waals surface area contributed by atoms with Crippen molar-refractivity contribution in [1.82, 2.24) is 5.32 Å². The Bertz CT molecular complexity index is 667. The molecule has 1 aromatic heterocycles. The molecule has 0 saturated heterocycles. The van der Waals surface area contributed by atoms with E-state index < -0.39 is 4.92 Å². The molecular formula is C15H16N2O5. The van der Waals surface area contributed by atoms with Crippen LogP contribution in [0.4, 0.5) is 5.69 Å². The lowest BCUT2D eigenvalue weighted by Crippen LogP contribution is -2.31. The molecule has 1 N–H and O–H groups in total. The van der Waals surface area contributed by atoms with Crippen molar-refractivity contribution in [3.05, 3.63) is 58.0 Å². The van der Waals surface area contributed by atoms with E-state index in [4.69, 9.17) is 9.15 Å². The van der Waals surface area contributed by atoms with Gasteiger partial charge in [-0.05, 0) is 38.1 Å². The molecule has 22 heavy (non-hydrogen) atoms. The fourth-order valence-corrected chi connectivity index (χ4v) is 1.96. The van der Waals surface area contributed by atoms with Gasteiger partial charge in [0.1, 0.15) is 11.5 Å². The molecule has 2 aromatic rings. The molecule has 0 fully saturated rings. The molecule has 7 nitrogen and oxygen atoms in total. The summed E-state index contributed by atoms with van der Waals surface area (Å²) in [4.78, 5) is 22.1. The lowest BCUT2D eigenvalue weighted by Gasteiger charge is -2.12. The second-order valence-corrected chi connectivity index (χ2v) is 4.80. The van der Waals surface area contributed by atoms with Crippen LogP contribution in [0.2, 0.25) is 0 Å². The lowest BCUT2D eigenvalue weighted by atomic mass is 10.2. The van der Waals surface area contributed by atoms with Crippen LogP contribution in [0.25, 0.3) is 0 Å². The summed E-state index contributed by atoms with van der Waals surface area (Å²) in [5, 5.41) is 13.5. The Morgan fingerprint density at radius 1 is 1.45 bits per heavy atom. The van der Waals surface area contributed by atoms with Crippen molar-refractivity contribution in [2.45, 2.75) is 19.9 Å². The van der Waals surface area contributed by atoms with Crippen LogP contribution in [-0.2, 0) is 4.79 Å². The molecule has 1 atom stereocenters. The minimum absolute atomic E-state index is 0.0169. The van der Waals surface area contributed by atoms with Gasteiger partial charge in [-0.3, -0.25) is 14.9 Å². The van der Waals surface area contributed by atoms with Gasteiger partial charge in [0, 0.05) is 11.6 Å². The molecule has 2 rings (SSSR count). The summed E-state index contributed by atoms with van der Waals surface area (Å²) in [5.74, 6) is 0.753. The molecule has 0 radical (unpaired) electrons. The fourth-order valence-electron chi connectivity index (χ4n) is 1.96. The van der Waals surface area contributed by atoms with Crippen LogP contribution in [0, 0.1) is 17.0 Å². The number of amides is 1. The minimum Gasteiger partial charge on any atom is -0.484 e. The molecular weight excluding hydrogens is 288 g/mol. The minimum atomic E-state index is -0.461. The largest absolute Gasteiger partial charge is 0.484 e. The molecule has 0 bridgehead atoms. The number of hydrogen-bond donors (Lipinski definition) is 1. The van der Waals surface area contributed by atoms with Crippen molar-refractivity contribution in [3.8, 4) is 5.75 Å². The maximum absolute atomic E-state index is 11.8. The number of benzene rings is 1. The predicted octanol–water partition coefficient (Wildman–Crippen LogP) is 2.75. The zero-order valence-electron chi connectivity index (χ0n) is 12.2. The number of hydrogen-bond acceptors (Lipinski definition) is 5. The first-order valence-electron chi connectivity index (χ1n) is 6.68. The maximum atomic E-state index is 11.8. The smallest absolute Gasteiger partial charge is 0.272 e. The van der Waals surface area contributed by atoms with Gasteiger partial charge >= 0.3 is 0 Å². The zero-order valence-corrected chi connectivity index (χ0v) is 12.2. The van der Waals surface area contributed by atoms with Crippen LogP contribution in [0.3, 0.4) is 0 Å². The Labute approximate surface area is 127 Å². The van der Waals surface area contributed by atoms with Crippen LogP contribution < -0.4 is 10.1 Å². The summed E-state index contributed by atoms with van der Waals surface area (Å²) >= 11 is 0. The molecule has 0 saturated carbocycles. The Kier molecular flexibility index (Phi) is 4.77.